The fourth-order valence-electron chi connectivity index (χ4n) is 2.42. The van der Waals surface area contributed by atoms with Crippen LogP contribution in [-0.4, -0.2) is 33.2 Å². The van der Waals surface area contributed by atoms with E-state index in [9.17, 15) is 19.1 Å². The van der Waals surface area contributed by atoms with Gasteiger partial charge < -0.3 is 10.4 Å². The second kappa shape index (κ2) is 6.49. The number of para-hydroxylation sites is 1. The first kappa shape index (κ1) is 15.7. The van der Waals surface area contributed by atoms with Crippen molar-refractivity contribution in [3.8, 4) is 0 Å². The fraction of sp³-hybridized carbons (Fsp3) is 0.118. The minimum Gasteiger partial charge on any atom is -0.480 e. The van der Waals surface area contributed by atoms with E-state index in [1.165, 1.54) is 24.3 Å². The van der Waals surface area contributed by atoms with Crippen LogP contribution < -0.4 is 5.32 Å². The Morgan fingerprint density at radius 2 is 1.88 bits per heavy atom. The quantitative estimate of drug-likeness (QED) is 0.669. The first-order valence-corrected chi connectivity index (χ1v) is 7.26. The number of fused-ring (bicyclic) bond motifs is 1. The number of H-pyrrole nitrogens is 1. The van der Waals surface area contributed by atoms with E-state index >= 15 is 0 Å². The molecule has 0 aliphatic carbocycles. The maximum atomic E-state index is 12.9. The second-order valence-corrected chi connectivity index (χ2v) is 5.31. The highest BCUT2D eigenvalue weighted by Gasteiger charge is 2.23. The number of halogens is 1. The van der Waals surface area contributed by atoms with Gasteiger partial charge in [-0.25, -0.2) is 9.18 Å². The zero-order valence-corrected chi connectivity index (χ0v) is 12.5. The number of carboxylic acid groups (broad SMARTS) is 1. The first-order chi connectivity index (χ1) is 11.5. The van der Waals surface area contributed by atoms with Crippen molar-refractivity contribution in [2.24, 2.45) is 0 Å². The van der Waals surface area contributed by atoms with Crippen molar-refractivity contribution < 1.29 is 19.1 Å². The highest BCUT2D eigenvalue weighted by atomic mass is 19.1. The second-order valence-electron chi connectivity index (χ2n) is 5.31. The number of carbonyl (C=O) groups is 2. The van der Waals surface area contributed by atoms with Crippen LogP contribution in [0.2, 0.25) is 0 Å². The molecule has 1 unspecified atom stereocenters. The van der Waals surface area contributed by atoms with Crippen molar-refractivity contribution in [2.75, 3.05) is 0 Å². The van der Waals surface area contributed by atoms with Gasteiger partial charge in [-0.2, -0.15) is 5.10 Å². The average Bonchev–Trinajstić information content (AvgIpc) is 3.00. The zero-order chi connectivity index (χ0) is 17.1. The Morgan fingerprint density at radius 3 is 2.58 bits per heavy atom. The largest absolute Gasteiger partial charge is 0.480 e. The van der Waals surface area contributed by atoms with E-state index in [1.54, 1.807) is 24.3 Å². The summed E-state index contributed by atoms with van der Waals surface area (Å²) < 4.78 is 12.9. The van der Waals surface area contributed by atoms with Gasteiger partial charge in [-0.3, -0.25) is 9.89 Å². The van der Waals surface area contributed by atoms with Gasteiger partial charge >= 0.3 is 5.97 Å². The molecule has 7 heteroatoms. The molecule has 0 aliphatic heterocycles. The molecule has 1 heterocycles. The zero-order valence-electron chi connectivity index (χ0n) is 12.5. The molecule has 0 fully saturated rings. The van der Waals surface area contributed by atoms with Crippen LogP contribution in [-0.2, 0) is 11.2 Å². The lowest BCUT2D eigenvalue weighted by atomic mass is 10.1. The summed E-state index contributed by atoms with van der Waals surface area (Å²) in [5, 5.41) is 19.1. The van der Waals surface area contributed by atoms with Crippen LogP contribution in [0.15, 0.2) is 48.5 Å². The molecule has 1 atom stereocenters. The molecule has 122 valence electrons. The Hall–Kier alpha value is -3.22. The first-order valence-electron chi connectivity index (χ1n) is 7.26. The summed E-state index contributed by atoms with van der Waals surface area (Å²) in [6, 6.07) is 11.4. The van der Waals surface area contributed by atoms with Crippen LogP contribution in [0, 0.1) is 5.82 Å². The summed E-state index contributed by atoms with van der Waals surface area (Å²) >= 11 is 0. The molecule has 24 heavy (non-hydrogen) atoms. The number of aromatic amines is 1. The van der Waals surface area contributed by atoms with Gasteiger partial charge in [-0.1, -0.05) is 30.3 Å². The number of carboxylic acids is 1. The van der Waals surface area contributed by atoms with Crippen molar-refractivity contribution in [3.63, 3.8) is 0 Å². The normalized spacial score (nSPS) is 12.0. The third-order valence-electron chi connectivity index (χ3n) is 3.64. The van der Waals surface area contributed by atoms with Crippen molar-refractivity contribution in [1.29, 1.82) is 0 Å². The molecule has 3 rings (SSSR count). The van der Waals surface area contributed by atoms with Crippen molar-refractivity contribution in [2.45, 2.75) is 12.5 Å². The number of rotatable bonds is 5. The van der Waals surface area contributed by atoms with E-state index in [0.717, 1.165) is 0 Å². The standard InChI is InChI=1S/C17H14FN3O3/c18-11-7-5-10(6-8-11)9-14(17(23)24)19-16(22)15-12-3-1-2-4-13(12)20-21-15/h1-8,14H,9H2,(H,19,22)(H,20,21)(H,23,24). The monoisotopic (exact) mass is 327 g/mol. The average molecular weight is 327 g/mol. The Kier molecular flexibility index (Phi) is 4.24. The van der Waals surface area contributed by atoms with Gasteiger partial charge in [0.2, 0.25) is 0 Å². The third-order valence-corrected chi connectivity index (χ3v) is 3.64. The molecule has 2 aromatic carbocycles. The number of aromatic nitrogens is 2. The van der Waals surface area contributed by atoms with Crippen LogP contribution in [0.3, 0.4) is 0 Å². The van der Waals surface area contributed by atoms with E-state index in [2.05, 4.69) is 15.5 Å². The van der Waals surface area contributed by atoms with Crippen LogP contribution in [0.5, 0.6) is 0 Å². The van der Waals surface area contributed by atoms with Gasteiger partial charge in [-0.05, 0) is 23.8 Å². The molecule has 1 amide bonds. The molecule has 6 nitrogen and oxygen atoms in total. The van der Waals surface area contributed by atoms with Gasteiger partial charge in [0.1, 0.15) is 11.9 Å². The lowest BCUT2D eigenvalue weighted by Gasteiger charge is -2.14. The maximum absolute atomic E-state index is 12.9. The fourth-order valence-corrected chi connectivity index (χ4v) is 2.42. The summed E-state index contributed by atoms with van der Waals surface area (Å²) in [6.45, 7) is 0. The minimum atomic E-state index is -1.17. The molecule has 0 saturated carbocycles. The number of nitrogens with zero attached hydrogens (tertiary/aromatic N) is 1. The predicted octanol–water partition coefficient (Wildman–Crippen LogP) is 2.13. The van der Waals surface area contributed by atoms with Gasteiger partial charge in [0.05, 0.1) is 5.52 Å². The third kappa shape index (κ3) is 3.24. The molecule has 0 saturated heterocycles. The van der Waals surface area contributed by atoms with Crippen molar-refractivity contribution in [1.82, 2.24) is 15.5 Å². The van der Waals surface area contributed by atoms with Crippen LogP contribution in [0.4, 0.5) is 4.39 Å². The van der Waals surface area contributed by atoms with Gasteiger partial charge in [-0.15, -0.1) is 0 Å². The Morgan fingerprint density at radius 1 is 1.17 bits per heavy atom. The number of hydrogen-bond donors (Lipinski definition) is 3. The van der Waals surface area contributed by atoms with Gasteiger partial charge in [0.25, 0.3) is 5.91 Å². The highest BCUT2D eigenvalue weighted by molar-refractivity contribution is 6.05. The Labute approximate surface area is 136 Å². The summed E-state index contributed by atoms with van der Waals surface area (Å²) in [4.78, 5) is 23.8. The van der Waals surface area contributed by atoms with Crippen LogP contribution >= 0.6 is 0 Å². The number of hydrogen-bond acceptors (Lipinski definition) is 3. The van der Waals surface area contributed by atoms with E-state index in [1.807, 2.05) is 0 Å². The van der Waals surface area contributed by atoms with Crippen molar-refractivity contribution >= 4 is 22.8 Å². The summed E-state index contributed by atoms with van der Waals surface area (Å²) in [5.74, 6) is -2.16. The molecule has 0 bridgehead atoms. The van der Waals surface area contributed by atoms with Gasteiger partial charge in [0, 0.05) is 11.8 Å². The van der Waals surface area contributed by atoms with Crippen LogP contribution in [0.1, 0.15) is 16.1 Å². The number of amides is 1. The number of carbonyl (C=O) groups excluding carboxylic acids is 1. The summed E-state index contributed by atoms with van der Waals surface area (Å²) in [5.41, 5.74) is 1.43. The van der Waals surface area contributed by atoms with E-state index < -0.39 is 23.7 Å². The smallest absolute Gasteiger partial charge is 0.326 e. The van der Waals surface area contributed by atoms with E-state index in [4.69, 9.17) is 0 Å². The number of aliphatic carboxylic acids is 1. The van der Waals surface area contributed by atoms with Crippen molar-refractivity contribution in [3.05, 3.63) is 65.6 Å². The lowest BCUT2D eigenvalue weighted by molar-refractivity contribution is -0.139. The molecular formula is C17H14FN3O3. The Balaban J connectivity index is 1.79. The topological polar surface area (TPSA) is 95.1 Å². The molecule has 0 spiro atoms. The maximum Gasteiger partial charge on any atom is 0.326 e. The molecule has 3 aromatic rings. The minimum absolute atomic E-state index is 0.0453. The number of nitrogens with one attached hydrogen (secondary N) is 2. The SMILES string of the molecule is O=C(NC(Cc1ccc(F)cc1)C(=O)O)c1n[nH]c2ccccc12. The summed E-state index contributed by atoms with van der Waals surface area (Å²) in [7, 11) is 0. The van der Waals surface area contributed by atoms with E-state index in [-0.39, 0.29) is 12.1 Å². The van der Waals surface area contributed by atoms with E-state index in [0.29, 0.717) is 16.5 Å². The molecule has 0 aliphatic rings. The lowest BCUT2D eigenvalue weighted by Crippen LogP contribution is -2.42. The predicted molar refractivity (Wildman–Crippen MR) is 85.1 cm³/mol. The molecule has 1 aromatic heterocycles. The molecule has 3 N–H and O–H groups in total. The summed E-state index contributed by atoms with van der Waals surface area (Å²) in [6.07, 6.45) is 0.0453. The van der Waals surface area contributed by atoms with Crippen LogP contribution in [0.25, 0.3) is 10.9 Å². The Bertz CT molecular complexity index is 889. The molecule has 0 radical (unpaired) electrons. The molecular weight excluding hydrogens is 313 g/mol. The number of benzene rings is 2. The van der Waals surface area contributed by atoms with Gasteiger partial charge in [0.15, 0.2) is 5.69 Å². The highest BCUT2D eigenvalue weighted by Crippen LogP contribution is 2.15.